The molecule has 0 bridgehead atoms. The van der Waals surface area contributed by atoms with E-state index in [9.17, 15) is 0 Å². The number of hydrogen-bond acceptors (Lipinski definition) is 3. The van der Waals surface area contributed by atoms with Crippen molar-refractivity contribution in [2.24, 2.45) is 10.7 Å². The second kappa shape index (κ2) is 7.47. The molecule has 3 rings (SSSR count). The minimum Gasteiger partial charge on any atom is -0.493 e. The first-order valence-corrected chi connectivity index (χ1v) is 8.51. The molecule has 0 spiro atoms. The molecule has 132 valence electrons. The van der Waals surface area contributed by atoms with Gasteiger partial charge in [-0.05, 0) is 30.5 Å². The highest BCUT2D eigenvalue weighted by Crippen LogP contribution is 2.43. The summed E-state index contributed by atoms with van der Waals surface area (Å²) < 4.78 is 10.6. The first-order valence-electron chi connectivity index (χ1n) is 8.51. The minimum atomic E-state index is 0.130. The Kier molecular flexibility index (Phi) is 5.12. The Balaban J connectivity index is 1.70. The maximum Gasteiger partial charge on any atom is 0.193 e. The molecule has 0 aromatic heterocycles. The molecule has 0 saturated heterocycles. The third kappa shape index (κ3) is 3.71. The van der Waals surface area contributed by atoms with Crippen LogP contribution in [0, 0.1) is 0 Å². The molecule has 0 aliphatic heterocycles. The fraction of sp³-hybridized carbons (Fsp3) is 0.350. The van der Waals surface area contributed by atoms with Crippen LogP contribution in [0.2, 0.25) is 0 Å². The molecule has 2 aromatic rings. The van der Waals surface area contributed by atoms with Crippen molar-refractivity contribution in [2.45, 2.75) is 24.7 Å². The van der Waals surface area contributed by atoms with Crippen LogP contribution >= 0.6 is 0 Å². The molecular formula is C20H25N3O2. The van der Waals surface area contributed by atoms with Gasteiger partial charge in [0.1, 0.15) is 0 Å². The van der Waals surface area contributed by atoms with E-state index in [-0.39, 0.29) is 5.41 Å². The van der Waals surface area contributed by atoms with Gasteiger partial charge in [0.2, 0.25) is 0 Å². The molecule has 0 atom stereocenters. The predicted octanol–water partition coefficient (Wildman–Crippen LogP) is 3.55. The Hall–Kier alpha value is -2.69. The van der Waals surface area contributed by atoms with Gasteiger partial charge in [0, 0.05) is 17.2 Å². The van der Waals surface area contributed by atoms with Crippen molar-refractivity contribution in [3.8, 4) is 11.5 Å². The lowest BCUT2D eigenvalue weighted by Crippen LogP contribution is -2.38. The monoisotopic (exact) mass is 339 g/mol. The second-order valence-electron chi connectivity index (χ2n) is 6.40. The molecule has 25 heavy (non-hydrogen) atoms. The fourth-order valence-corrected chi connectivity index (χ4v) is 3.27. The van der Waals surface area contributed by atoms with E-state index in [2.05, 4.69) is 34.6 Å². The van der Waals surface area contributed by atoms with Gasteiger partial charge in [0.15, 0.2) is 17.5 Å². The highest BCUT2D eigenvalue weighted by molar-refractivity contribution is 5.92. The predicted molar refractivity (Wildman–Crippen MR) is 102 cm³/mol. The Bertz CT molecular complexity index is 740. The highest BCUT2D eigenvalue weighted by atomic mass is 16.5. The van der Waals surface area contributed by atoms with E-state index in [1.54, 1.807) is 14.2 Å². The Labute approximate surface area is 148 Å². The summed E-state index contributed by atoms with van der Waals surface area (Å²) >= 11 is 0. The highest BCUT2D eigenvalue weighted by Gasteiger charge is 2.38. The van der Waals surface area contributed by atoms with Crippen molar-refractivity contribution in [2.75, 3.05) is 26.1 Å². The molecule has 1 saturated carbocycles. The van der Waals surface area contributed by atoms with Crippen LogP contribution in [-0.4, -0.2) is 26.7 Å². The zero-order valence-corrected chi connectivity index (χ0v) is 14.8. The third-order valence-electron chi connectivity index (χ3n) is 4.90. The summed E-state index contributed by atoms with van der Waals surface area (Å²) in [4.78, 5) is 4.60. The molecule has 5 nitrogen and oxygen atoms in total. The van der Waals surface area contributed by atoms with Crippen molar-refractivity contribution < 1.29 is 9.47 Å². The summed E-state index contributed by atoms with van der Waals surface area (Å²) in [6.07, 6.45) is 3.56. The van der Waals surface area contributed by atoms with Crippen LogP contribution in [0.1, 0.15) is 24.8 Å². The SMILES string of the molecule is COc1ccc(NC(N)=NCC2(c3ccccc3)CCC2)cc1OC. The number of anilines is 1. The summed E-state index contributed by atoms with van der Waals surface area (Å²) in [5.74, 6) is 1.75. The van der Waals surface area contributed by atoms with Gasteiger partial charge >= 0.3 is 0 Å². The van der Waals surface area contributed by atoms with Gasteiger partial charge in [0.25, 0.3) is 0 Å². The number of ether oxygens (including phenoxy) is 2. The van der Waals surface area contributed by atoms with Gasteiger partial charge in [-0.1, -0.05) is 36.8 Å². The molecule has 0 radical (unpaired) electrons. The number of nitrogens with two attached hydrogens (primary N) is 1. The first kappa shape index (κ1) is 17.1. The normalized spacial score (nSPS) is 16.0. The number of nitrogens with zero attached hydrogens (tertiary/aromatic N) is 1. The lowest BCUT2D eigenvalue weighted by atomic mass is 9.64. The molecule has 1 aliphatic rings. The topological polar surface area (TPSA) is 68.9 Å². The summed E-state index contributed by atoms with van der Waals surface area (Å²) in [6.45, 7) is 0.698. The average molecular weight is 339 g/mol. The standard InChI is InChI=1S/C20H25N3O2/c1-24-17-10-9-16(13-18(17)25-2)23-19(21)22-14-20(11-6-12-20)15-7-4-3-5-8-15/h3-5,7-10,13H,6,11-12,14H2,1-2H3,(H3,21,22,23). The van der Waals surface area contributed by atoms with E-state index in [0.29, 0.717) is 24.0 Å². The van der Waals surface area contributed by atoms with Crippen LogP contribution in [0.4, 0.5) is 5.69 Å². The lowest BCUT2D eigenvalue weighted by molar-refractivity contribution is 0.254. The van der Waals surface area contributed by atoms with Crippen LogP contribution in [0.3, 0.4) is 0 Å². The van der Waals surface area contributed by atoms with Crippen LogP contribution in [0.25, 0.3) is 0 Å². The van der Waals surface area contributed by atoms with E-state index >= 15 is 0 Å². The van der Waals surface area contributed by atoms with Crippen LogP contribution in [0.15, 0.2) is 53.5 Å². The van der Waals surface area contributed by atoms with Crippen molar-refractivity contribution >= 4 is 11.6 Å². The van der Waals surface area contributed by atoms with E-state index in [0.717, 1.165) is 18.5 Å². The molecule has 1 aliphatic carbocycles. The largest absolute Gasteiger partial charge is 0.493 e. The number of methoxy groups -OCH3 is 2. The second-order valence-corrected chi connectivity index (χ2v) is 6.40. The summed E-state index contributed by atoms with van der Waals surface area (Å²) in [7, 11) is 3.22. The molecule has 0 unspecified atom stereocenters. The molecule has 3 N–H and O–H groups in total. The van der Waals surface area contributed by atoms with Crippen molar-refractivity contribution in [3.05, 3.63) is 54.1 Å². The number of nitrogens with one attached hydrogen (secondary N) is 1. The molecule has 0 amide bonds. The molecule has 5 heteroatoms. The van der Waals surface area contributed by atoms with E-state index in [1.807, 2.05) is 24.3 Å². The molecule has 0 heterocycles. The van der Waals surface area contributed by atoms with Gasteiger partial charge in [-0.3, -0.25) is 4.99 Å². The number of benzene rings is 2. The van der Waals surface area contributed by atoms with Crippen LogP contribution in [-0.2, 0) is 5.41 Å². The Morgan fingerprint density at radius 2 is 1.80 bits per heavy atom. The minimum absolute atomic E-state index is 0.130. The molecular weight excluding hydrogens is 314 g/mol. The average Bonchev–Trinajstić information content (AvgIpc) is 2.61. The van der Waals surface area contributed by atoms with E-state index < -0.39 is 0 Å². The first-order chi connectivity index (χ1) is 12.2. The van der Waals surface area contributed by atoms with Crippen LogP contribution in [0.5, 0.6) is 11.5 Å². The number of guanidine groups is 1. The zero-order valence-electron chi connectivity index (χ0n) is 14.8. The third-order valence-corrected chi connectivity index (χ3v) is 4.90. The summed E-state index contributed by atoms with van der Waals surface area (Å²) in [5.41, 5.74) is 8.40. The van der Waals surface area contributed by atoms with Crippen molar-refractivity contribution in [1.82, 2.24) is 0 Å². The smallest absolute Gasteiger partial charge is 0.193 e. The quantitative estimate of drug-likeness (QED) is 0.624. The lowest BCUT2D eigenvalue weighted by Gasteiger charge is -2.41. The number of aliphatic imine (C=N–C) groups is 1. The number of rotatable bonds is 6. The van der Waals surface area contributed by atoms with Crippen molar-refractivity contribution in [3.63, 3.8) is 0 Å². The van der Waals surface area contributed by atoms with Gasteiger partial charge < -0.3 is 20.5 Å². The van der Waals surface area contributed by atoms with Gasteiger partial charge in [-0.25, -0.2) is 0 Å². The zero-order chi connectivity index (χ0) is 17.7. The van der Waals surface area contributed by atoms with E-state index in [4.69, 9.17) is 15.2 Å². The maximum absolute atomic E-state index is 6.10. The fourth-order valence-electron chi connectivity index (χ4n) is 3.27. The maximum atomic E-state index is 6.10. The molecule has 1 fully saturated rings. The van der Waals surface area contributed by atoms with Gasteiger partial charge in [0.05, 0.1) is 20.8 Å². The van der Waals surface area contributed by atoms with Gasteiger partial charge in [-0.2, -0.15) is 0 Å². The van der Waals surface area contributed by atoms with Crippen molar-refractivity contribution in [1.29, 1.82) is 0 Å². The summed E-state index contributed by atoms with van der Waals surface area (Å²) in [5, 5.41) is 3.13. The summed E-state index contributed by atoms with van der Waals surface area (Å²) in [6, 6.07) is 16.2. The Morgan fingerprint density at radius 1 is 1.08 bits per heavy atom. The number of hydrogen-bond donors (Lipinski definition) is 2. The molecule has 2 aromatic carbocycles. The van der Waals surface area contributed by atoms with E-state index in [1.165, 1.54) is 12.0 Å². The Morgan fingerprint density at radius 3 is 2.40 bits per heavy atom. The van der Waals surface area contributed by atoms with Crippen LogP contribution < -0.4 is 20.5 Å². The van der Waals surface area contributed by atoms with Gasteiger partial charge in [-0.15, -0.1) is 0 Å².